The van der Waals surface area contributed by atoms with Gasteiger partial charge in [0.15, 0.2) is 5.75 Å². The van der Waals surface area contributed by atoms with Gasteiger partial charge >= 0.3 is 0 Å². The number of hydrogen-bond acceptors (Lipinski definition) is 3. The highest BCUT2D eigenvalue weighted by Crippen LogP contribution is 2.33. The second kappa shape index (κ2) is 7.74. The Morgan fingerprint density at radius 2 is 1.86 bits per heavy atom. The van der Waals surface area contributed by atoms with Gasteiger partial charge in [-0.1, -0.05) is 12.1 Å². The van der Waals surface area contributed by atoms with Gasteiger partial charge in [0.25, 0.3) is 0 Å². The maximum absolute atomic E-state index is 11.3. The van der Waals surface area contributed by atoms with Crippen LogP contribution in [-0.2, 0) is 11.2 Å². The molecule has 0 aliphatic heterocycles. The summed E-state index contributed by atoms with van der Waals surface area (Å²) >= 11 is 4.51. The first-order valence-corrected chi connectivity index (χ1v) is 9.01. The number of ether oxygens (including phenoxy) is 1. The molecule has 2 N–H and O–H groups in total. The zero-order chi connectivity index (χ0) is 16.3. The summed E-state index contributed by atoms with van der Waals surface area (Å²) in [6.45, 7) is 3.56. The van der Waals surface area contributed by atoms with Crippen molar-refractivity contribution in [1.82, 2.24) is 0 Å². The minimum Gasteiger partial charge on any atom is -0.455 e. The SMILES string of the molecule is CC(=O)[C@H](N)Cc1cc(I)c(Oc2cccc(C)c2)c(I)c1. The predicted molar refractivity (Wildman–Crippen MR) is 105 cm³/mol. The highest BCUT2D eigenvalue weighted by atomic mass is 127. The molecule has 22 heavy (non-hydrogen) atoms. The van der Waals surface area contributed by atoms with Crippen LogP contribution in [0.5, 0.6) is 11.5 Å². The first-order valence-electron chi connectivity index (χ1n) is 6.85. The number of rotatable bonds is 5. The number of carbonyl (C=O) groups excluding carboxylic acids is 1. The molecule has 2 rings (SSSR count). The maximum Gasteiger partial charge on any atom is 0.154 e. The number of carbonyl (C=O) groups is 1. The van der Waals surface area contributed by atoms with Crippen LogP contribution in [0.4, 0.5) is 0 Å². The molecule has 0 aliphatic carbocycles. The number of halogens is 2. The Morgan fingerprint density at radius 3 is 2.41 bits per heavy atom. The van der Waals surface area contributed by atoms with Crippen LogP contribution < -0.4 is 10.5 Å². The average molecular weight is 521 g/mol. The molecule has 0 aliphatic rings. The second-order valence-electron chi connectivity index (χ2n) is 5.23. The molecule has 116 valence electrons. The van der Waals surface area contributed by atoms with Gasteiger partial charge in [-0.3, -0.25) is 4.79 Å². The quantitative estimate of drug-likeness (QED) is 0.592. The van der Waals surface area contributed by atoms with E-state index in [4.69, 9.17) is 10.5 Å². The Morgan fingerprint density at radius 1 is 1.23 bits per heavy atom. The fourth-order valence-electron chi connectivity index (χ4n) is 2.02. The highest BCUT2D eigenvalue weighted by molar-refractivity contribution is 14.1. The van der Waals surface area contributed by atoms with E-state index in [9.17, 15) is 4.79 Å². The Balaban J connectivity index is 2.25. The van der Waals surface area contributed by atoms with E-state index in [-0.39, 0.29) is 5.78 Å². The first kappa shape index (κ1) is 17.7. The van der Waals surface area contributed by atoms with E-state index < -0.39 is 6.04 Å². The van der Waals surface area contributed by atoms with Crippen molar-refractivity contribution < 1.29 is 9.53 Å². The molecule has 2 aromatic rings. The fourth-order valence-corrected chi connectivity index (χ4v) is 4.14. The van der Waals surface area contributed by atoms with Gasteiger partial charge in [0, 0.05) is 0 Å². The molecule has 0 saturated carbocycles. The van der Waals surface area contributed by atoms with Crippen molar-refractivity contribution in [2.45, 2.75) is 26.3 Å². The van der Waals surface area contributed by atoms with Gasteiger partial charge in [0.05, 0.1) is 13.2 Å². The largest absolute Gasteiger partial charge is 0.455 e. The minimum absolute atomic E-state index is 0.00473. The lowest BCUT2D eigenvalue weighted by atomic mass is 10.0. The summed E-state index contributed by atoms with van der Waals surface area (Å²) in [5.41, 5.74) is 8.05. The molecule has 0 bridgehead atoms. The fraction of sp³-hybridized carbons (Fsp3) is 0.235. The number of ketones is 1. The molecule has 3 nitrogen and oxygen atoms in total. The monoisotopic (exact) mass is 521 g/mol. The molecule has 0 amide bonds. The van der Waals surface area contributed by atoms with Gasteiger partial charge in [-0.25, -0.2) is 0 Å². The molecule has 0 spiro atoms. The topological polar surface area (TPSA) is 52.3 Å². The average Bonchev–Trinajstić information content (AvgIpc) is 2.43. The molecule has 0 aromatic heterocycles. The van der Waals surface area contributed by atoms with Crippen molar-refractivity contribution >= 4 is 51.0 Å². The Labute approximate surface area is 157 Å². The summed E-state index contributed by atoms with van der Waals surface area (Å²) in [6, 6.07) is 11.6. The summed E-state index contributed by atoms with van der Waals surface area (Å²) in [6.07, 6.45) is 0.548. The zero-order valence-electron chi connectivity index (χ0n) is 12.4. The van der Waals surface area contributed by atoms with Gasteiger partial charge in [0.2, 0.25) is 0 Å². The predicted octanol–water partition coefficient (Wildman–Crippen LogP) is 4.46. The third kappa shape index (κ3) is 4.66. The number of benzene rings is 2. The van der Waals surface area contributed by atoms with Crippen LogP contribution >= 0.6 is 45.2 Å². The molecule has 1 atom stereocenters. The lowest BCUT2D eigenvalue weighted by Gasteiger charge is -2.14. The van der Waals surface area contributed by atoms with Gasteiger partial charge in [-0.15, -0.1) is 0 Å². The van der Waals surface area contributed by atoms with Gasteiger partial charge in [-0.05, 0) is 101 Å². The van der Waals surface area contributed by atoms with Crippen LogP contribution in [0.15, 0.2) is 36.4 Å². The number of hydrogen-bond donors (Lipinski definition) is 1. The Hall–Kier alpha value is -0.670. The third-order valence-corrected chi connectivity index (χ3v) is 4.85. The lowest BCUT2D eigenvalue weighted by Crippen LogP contribution is -2.30. The van der Waals surface area contributed by atoms with Gasteiger partial charge in [-0.2, -0.15) is 0 Å². The normalized spacial score (nSPS) is 12.0. The molecule has 5 heteroatoms. The molecule has 0 unspecified atom stereocenters. The summed E-state index contributed by atoms with van der Waals surface area (Å²) in [5, 5.41) is 0. The van der Waals surface area contributed by atoms with Crippen molar-refractivity contribution in [2.24, 2.45) is 5.73 Å². The molecular formula is C17H17I2NO2. The van der Waals surface area contributed by atoms with Crippen molar-refractivity contribution in [3.8, 4) is 11.5 Å². The summed E-state index contributed by atoms with van der Waals surface area (Å²) < 4.78 is 8.04. The zero-order valence-corrected chi connectivity index (χ0v) is 16.7. The standard InChI is InChI=1S/C17H17I2NO2/c1-10-4-3-5-13(6-10)22-17-14(18)7-12(8-15(17)19)9-16(20)11(2)21/h3-8,16H,9,20H2,1-2H3/t16-/m1/s1. The van der Waals surface area contributed by atoms with E-state index in [1.807, 2.05) is 43.3 Å². The lowest BCUT2D eigenvalue weighted by molar-refractivity contribution is -0.118. The maximum atomic E-state index is 11.3. The van der Waals surface area contributed by atoms with E-state index in [0.29, 0.717) is 6.42 Å². The number of aryl methyl sites for hydroxylation is 1. The van der Waals surface area contributed by atoms with E-state index in [1.54, 1.807) is 0 Å². The van der Waals surface area contributed by atoms with Crippen LogP contribution in [0.25, 0.3) is 0 Å². The number of Topliss-reactive ketones (excluding diaryl/α,β-unsaturated/α-hetero) is 1. The summed E-state index contributed by atoms with van der Waals surface area (Å²) in [5.74, 6) is 1.67. The summed E-state index contributed by atoms with van der Waals surface area (Å²) in [7, 11) is 0. The van der Waals surface area contributed by atoms with Crippen LogP contribution in [0, 0.1) is 14.1 Å². The van der Waals surface area contributed by atoms with Crippen molar-refractivity contribution in [3.05, 3.63) is 54.7 Å². The van der Waals surface area contributed by atoms with Crippen LogP contribution in [-0.4, -0.2) is 11.8 Å². The third-order valence-electron chi connectivity index (χ3n) is 3.25. The van der Waals surface area contributed by atoms with Crippen LogP contribution in [0.1, 0.15) is 18.1 Å². The molecule has 2 aromatic carbocycles. The minimum atomic E-state index is -0.449. The smallest absolute Gasteiger partial charge is 0.154 e. The Kier molecular flexibility index (Phi) is 6.22. The first-order chi connectivity index (χ1) is 10.4. The van der Waals surface area contributed by atoms with Crippen molar-refractivity contribution in [2.75, 3.05) is 0 Å². The molecule has 0 radical (unpaired) electrons. The van der Waals surface area contributed by atoms with Gasteiger partial charge in [0.1, 0.15) is 11.5 Å². The van der Waals surface area contributed by atoms with Crippen molar-refractivity contribution in [1.29, 1.82) is 0 Å². The molecule has 0 fully saturated rings. The van der Waals surface area contributed by atoms with Crippen LogP contribution in [0.2, 0.25) is 0 Å². The van der Waals surface area contributed by atoms with E-state index in [0.717, 1.165) is 29.8 Å². The second-order valence-corrected chi connectivity index (χ2v) is 7.55. The van der Waals surface area contributed by atoms with E-state index in [2.05, 4.69) is 45.2 Å². The summed E-state index contributed by atoms with van der Waals surface area (Å²) in [4.78, 5) is 11.3. The molecular weight excluding hydrogens is 504 g/mol. The Bertz CT molecular complexity index is 678. The van der Waals surface area contributed by atoms with E-state index >= 15 is 0 Å². The highest BCUT2D eigenvalue weighted by Gasteiger charge is 2.14. The van der Waals surface area contributed by atoms with Crippen LogP contribution in [0.3, 0.4) is 0 Å². The number of nitrogens with two attached hydrogens (primary N) is 1. The van der Waals surface area contributed by atoms with E-state index in [1.165, 1.54) is 6.92 Å². The van der Waals surface area contributed by atoms with Crippen molar-refractivity contribution in [3.63, 3.8) is 0 Å². The van der Waals surface area contributed by atoms with Gasteiger partial charge < -0.3 is 10.5 Å². The molecule has 0 heterocycles. The molecule has 0 saturated heterocycles.